The van der Waals surface area contributed by atoms with Crippen LogP contribution in [0.4, 0.5) is 4.79 Å². The minimum absolute atomic E-state index is 0.0517. The van der Waals surface area contributed by atoms with Gasteiger partial charge in [-0.2, -0.15) is 0 Å². The lowest BCUT2D eigenvalue weighted by Gasteiger charge is -2.22. The largest absolute Gasteiger partial charge is 0.478 e. The number of hydrogen-bond acceptors (Lipinski definition) is 6. The highest BCUT2D eigenvalue weighted by molar-refractivity contribution is 6.04. The molecular weight excluding hydrogens is 332 g/mol. The Labute approximate surface area is 155 Å². The maximum atomic E-state index is 11.7. The third kappa shape index (κ3) is 7.39. The van der Waals surface area contributed by atoms with Crippen molar-refractivity contribution in [2.24, 2.45) is 5.92 Å². The molecule has 1 aliphatic heterocycles. The second-order valence-corrected chi connectivity index (χ2v) is 7.57. The average Bonchev–Trinajstić information content (AvgIpc) is 2.58. The lowest BCUT2D eigenvalue weighted by Crippen LogP contribution is -2.36. The Balaban J connectivity index is 1.71. The molecule has 0 atom stereocenters. The molecule has 2 heterocycles. The van der Waals surface area contributed by atoms with Crippen LogP contribution in [0.3, 0.4) is 0 Å². The maximum absolute atomic E-state index is 11.7. The molecule has 0 unspecified atom stereocenters. The average molecular weight is 362 g/mol. The summed E-state index contributed by atoms with van der Waals surface area (Å²) in [6.07, 6.45) is 5.57. The molecule has 1 aromatic heterocycles. The number of nitrogens with zero attached hydrogens (tertiary/aromatic N) is 1. The molecule has 0 spiro atoms. The molecule has 0 radical (unpaired) electrons. The first-order valence-electron chi connectivity index (χ1n) is 9.22. The fraction of sp³-hybridized carbons (Fsp3) is 0.632. The Morgan fingerprint density at radius 2 is 2.08 bits per heavy atom. The molecule has 1 saturated heterocycles. The number of carbonyl (C=O) groups excluding carboxylic acids is 1. The zero-order valence-electron chi connectivity index (χ0n) is 15.9. The summed E-state index contributed by atoms with van der Waals surface area (Å²) in [4.78, 5) is 15.9. The topological polar surface area (TPSA) is 96.3 Å². The van der Waals surface area contributed by atoms with Gasteiger partial charge < -0.3 is 14.8 Å². The Bertz CT molecular complexity index is 590. The van der Waals surface area contributed by atoms with Gasteiger partial charge in [0, 0.05) is 17.8 Å². The molecular formula is C19H30N4O3. The number of carbonyl (C=O) groups is 1. The van der Waals surface area contributed by atoms with Crippen molar-refractivity contribution in [3.63, 3.8) is 0 Å². The van der Waals surface area contributed by atoms with E-state index < -0.39 is 11.7 Å². The molecule has 1 aromatic rings. The van der Waals surface area contributed by atoms with E-state index in [2.05, 4.69) is 15.6 Å². The summed E-state index contributed by atoms with van der Waals surface area (Å²) < 4.78 is 10.8. The van der Waals surface area contributed by atoms with Crippen LogP contribution in [-0.4, -0.2) is 42.2 Å². The van der Waals surface area contributed by atoms with Gasteiger partial charge in [0.05, 0.1) is 6.61 Å². The van der Waals surface area contributed by atoms with E-state index in [0.717, 1.165) is 25.4 Å². The van der Waals surface area contributed by atoms with Crippen LogP contribution < -0.4 is 15.4 Å². The standard InChI is InChI=1S/C19H30N4O3/c1-19(2,3)26-18(24)23-17(20)15-6-7-16(22-13-15)25-12-4-5-14-8-10-21-11-9-14/h6-7,13-14,21H,4-5,8-12H2,1-3H3,(H2,20,23,24). The van der Waals surface area contributed by atoms with Crippen molar-refractivity contribution in [2.75, 3.05) is 19.7 Å². The summed E-state index contributed by atoms with van der Waals surface area (Å²) in [6, 6.07) is 3.42. The van der Waals surface area contributed by atoms with Crippen molar-refractivity contribution in [1.82, 2.24) is 15.6 Å². The van der Waals surface area contributed by atoms with Crippen LogP contribution in [0.1, 0.15) is 52.0 Å². The minimum atomic E-state index is -0.652. The number of hydrogen-bond donors (Lipinski definition) is 3. The first-order valence-corrected chi connectivity index (χ1v) is 9.22. The van der Waals surface area contributed by atoms with Crippen LogP contribution in [0.25, 0.3) is 0 Å². The second-order valence-electron chi connectivity index (χ2n) is 7.57. The van der Waals surface area contributed by atoms with Gasteiger partial charge in [0.25, 0.3) is 0 Å². The third-order valence-corrected chi connectivity index (χ3v) is 4.12. The molecule has 1 fully saturated rings. The Morgan fingerprint density at radius 3 is 2.69 bits per heavy atom. The number of amidine groups is 1. The summed E-state index contributed by atoms with van der Waals surface area (Å²) in [6.45, 7) is 8.21. The van der Waals surface area contributed by atoms with Crippen LogP contribution in [0.15, 0.2) is 18.3 Å². The summed E-state index contributed by atoms with van der Waals surface area (Å²) in [5, 5.41) is 13.7. The summed E-state index contributed by atoms with van der Waals surface area (Å²) >= 11 is 0. The van der Waals surface area contributed by atoms with Crippen LogP contribution in [0.5, 0.6) is 5.88 Å². The van der Waals surface area contributed by atoms with Gasteiger partial charge in [-0.25, -0.2) is 9.78 Å². The quantitative estimate of drug-likeness (QED) is 0.410. The molecule has 26 heavy (non-hydrogen) atoms. The van der Waals surface area contributed by atoms with Gasteiger partial charge in [0.15, 0.2) is 0 Å². The smallest absolute Gasteiger partial charge is 0.413 e. The van der Waals surface area contributed by atoms with Crippen LogP contribution in [0.2, 0.25) is 0 Å². The van der Waals surface area contributed by atoms with E-state index in [1.807, 2.05) is 0 Å². The molecule has 7 heteroatoms. The van der Waals surface area contributed by atoms with Crippen LogP contribution >= 0.6 is 0 Å². The Kier molecular flexibility index (Phi) is 7.38. The molecule has 2 rings (SSSR count). The molecule has 1 aliphatic rings. The highest BCUT2D eigenvalue weighted by Crippen LogP contribution is 2.18. The summed E-state index contributed by atoms with van der Waals surface area (Å²) in [5.41, 5.74) is -0.105. The highest BCUT2D eigenvalue weighted by Gasteiger charge is 2.17. The lowest BCUT2D eigenvalue weighted by molar-refractivity contribution is 0.0563. The lowest BCUT2D eigenvalue weighted by atomic mass is 9.93. The maximum Gasteiger partial charge on any atom is 0.413 e. The fourth-order valence-corrected chi connectivity index (χ4v) is 2.81. The zero-order valence-corrected chi connectivity index (χ0v) is 15.9. The molecule has 144 valence electrons. The Morgan fingerprint density at radius 1 is 1.35 bits per heavy atom. The van der Waals surface area contributed by atoms with E-state index in [1.54, 1.807) is 32.9 Å². The second kappa shape index (κ2) is 9.52. The normalized spacial score (nSPS) is 15.3. The number of amides is 1. The molecule has 0 aliphatic carbocycles. The first kappa shape index (κ1) is 20.2. The van der Waals surface area contributed by atoms with Gasteiger partial charge in [-0.15, -0.1) is 0 Å². The number of piperidine rings is 1. The number of ether oxygens (including phenoxy) is 2. The van der Waals surface area contributed by atoms with Gasteiger partial charge >= 0.3 is 6.09 Å². The first-order chi connectivity index (χ1) is 12.3. The third-order valence-electron chi connectivity index (χ3n) is 4.12. The Hall–Kier alpha value is -2.15. The van der Waals surface area contributed by atoms with E-state index >= 15 is 0 Å². The molecule has 3 N–H and O–H groups in total. The molecule has 7 nitrogen and oxygen atoms in total. The predicted octanol–water partition coefficient (Wildman–Crippen LogP) is 3.09. The van der Waals surface area contributed by atoms with E-state index in [9.17, 15) is 4.79 Å². The fourth-order valence-electron chi connectivity index (χ4n) is 2.81. The van der Waals surface area contributed by atoms with Crippen molar-refractivity contribution >= 4 is 11.9 Å². The monoisotopic (exact) mass is 362 g/mol. The number of alkyl carbamates (subject to hydrolysis) is 1. The molecule has 1 amide bonds. The zero-order chi connectivity index (χ0) is 19.0. The minimum Gasteiger partial charge on any atom is -0.478 e. The molecule has 0 saturated carbocycles. The van der Waals surface area contributed by atoms with Crippen molar-refractivity contribution in [2.45, 2.75) is 52.1 Å². The van der Waals surface area contributed by atoms with Crippen molar-refractivity contribution < 1.29 is 14.3 Å². The van der Waals surface area contributed by atoms with Gasteiger partial charge in [-0.3, -0.25) is 10.7 Å². The van der Waals surface area contributed by atoms with Crippen LogP contribution in [0, 0.1) is 11.3 Å². The van der Waals surface area contributed by atoms with E-state index in [-0.39, 0.29) is 5.84 Å². The van der Waals surface area contributed by atoms with E-state index in [0.29, 0.717) is 18.1 Å². The molecule has 0 bridgehead atoms. The van der Waals surface area contributed by atoms with Gasteiger partial charge in [0.2, 0.25) is 5.88 Å². The van der Waals surface area contributed by atoms with Crippen LogP contribution in [-0.2, 0) is 4.74 Å². The molecule has 0 aromatic carbocycles. The SMILES string of the molecule is CC(C)(C)OC(=O)NC(=N)c1ccc(OCCCC2CCNCC2)nc1. The van der Waals surface area contributed by atoms with E-state index in [1.165, 1.54) is 25.5 Å². The van der Waals surface area contributed by atoms with Gasteiger partial charge in [0.1, 0.15) is 11.4 Å². The van der Waals surface area contributed by atoms with Crippen molar-refractivity contribution in [3.05, 3.63) is 23.9 Å². The van der Waals surface area contributed by atoms with Crippen molar-refractivity contribution in [1.29, 1.82) is 5.41 Å². The number of aromatic nitrogens is 1. The summed E-state index contributed by atoms with van der Waals surface area (Å²) in [7, 11) is 0. The predicted molar refractivity (Wildman–Crippen MR) is 101 cm³/mol. The van der Waals surface area contributed by atoms with Gasteiger partial charge in [-0.1, -0.05) is 0 Å². The number of nitrogens with one attached hydrogen (secondary N) is 3. The number of pyridine rings is 1. The highest BCUT2D eigenvalue weighted by atomic mass is 16.6. The summed E-state index contributed by atoms with van der Waals surface area (Å²) in [5.74, 6) is 1.28. The number of rotatable bonds is 6. The van der Waals surface area contributed by atoms with Crippen molar-refractivity contribution in [3.8, 4) is 5.88 Å². The van der Waals surface area contributed by atoms with E-state index in [4.69, 9.17) is 14.9 Å². The van der Waals surface area contributed by atoms with Gasteiger partial charge in [-0.05, 0) is 71.5 Å².